The van der Waals surface area contributed by atoms with Crippen molar-refractivity contribution in [1.29, 1.82) is 0 Å². The Morgan fingerprint density at radius 3 is 2.43 bits per heavy atom. The normalized spacial score (nSPS) is 25.0. The summed E-state index contributed by atoms with van der Waals surface area (Å²) in [4.78, 5) is 43.4. The number of nitrogens with one attached hydrogen (secondary N) is 2. The second kappa shape index (κ2) is 17.8. The molecule has 1 fully saturated rings. The molecule has 2 aliphatic heterocycles. The van der Waals surface area contributed by atoms with E-state index in [0.717, 1.165) is 0 Å². The van der Waals surface area contributed by atoms with Gasteiger partial charge in [-0.1, -0.05) is 6.08 Å². The second-order valence-electron chi connectivity index (χ2n) is 12.4. The van der Waals surface area contributed by atoms with E-state index in [9.17, 15) is 18.9 Å². The third-order valence-electron chi connectivity index (χ3n) is 7.13. The lowest BCUT2D eigenvalue weighted by atomic mass is 9.90. The number of nitrogens with zero attached hydrogens (tertiary/aromatic N) is 3. The van der Waals surface area contributed by atoms with Gasteiger partial charge in [0.1, 0.15) is 31.5 Å². The van der Waals surface area contributed by atoms with Crippen LogP contribution in [0.5, 0.6) is 0 Å². The van der Waals surface area contributed by atoms with Gasteiger partial charge >= 0.3 is 0 Å². The van der Waals surface area contributed by atoms with Gasteiger partial charge in [0.15, 0.2) is 0 Å². The molecule has 0 aromatic heterocycles. The van der Waals surface area contributed by atoms with Gasteiger partial charge in [0.05, 0.1) is 19.2 Å². The van der Waals surface area contributed by atoms with Crippen molar-refractivity contribution in [2.45, 2.75) is 77.5 Å². The molecule has 2 rings (SSSR count). The van der Waals surface area contributed by atoms with Gasteiger partial charge in [-0.05, 0) is 68.5 Å². The summed E-state index contributed by atoms with van der Waals surface area (Å²) in [6.07, 6.45) is -0.985. The summed E-state index contributed by atoms with van der Waals surface area (Å²) >= 11 is 0. The molecule has 2 N–H and O–H groups in total. The van der Waals surface area contributed by atoms with Crippen LogP contribution >= 0.6 is 15.7 Å². The molecule has 0 spiro atoms. The van der Waals surface area contributed by atoms with Crippen LogP contribution in [0.4, 0.5) is 0 Å². The number of rotatable bonds is 18. The molecule has 0 aromatic rings. The molecule has 44 heavy (non-hydrogen) atoms. The van der Waals surface area contributed by atoms with Crippen LogP contribution in [0.2, 0.25) is 0 Å². The third kappa shape index (κ3) is 11.9. The first-order valence-electron chi connectivity index (χ1n) is 15.0. The smallest absolute Gasteiger partial charge is 0.259 e. The molecule has 0 aromatic carbocycles. The number of likely N-dealkylation sites (N-methyl/N-ethyl adjacent to an activating group) is 1. The van der Waals surface area contributed by atoms with Crippen LogP contribution in [0.3, 0.4) is 0 Å². The van der Waals surface area contributed by atoms with Gasteiger partial charge in [-0.15, -0.1) is 0 Å². The summed E-state index contributed by atoms with van der Waals surface area (Å²) in [5.41, 5.74) is 0.362. The monoisotopic (exact) mass is 659 g/mol. The van der Waals surface area contributed by atoms with Crippen molar-refractivity contribution in [2.24, 2.45) is 5.92 Å². The van der Waals surface area contributed by atoms with Crippen LogP contribution < -0.4 is 10.6 Å². The lowest BCUT2D eigenvalue weighted by molar-refractivity contribution is -0.138. The Labute approximate surface area is 263 Å². The number of hydrogen-bond acceptors (Lipinski definition) is 10. The summed E-state index contributed by atoms with van der Waals surface area (Å²) in [7, 11) is -0.384. The summed E-state index contributed by atoms with van der Waals surface area (Å²) in [5, 5.41) is 5.21. The number of amides is 3. The van der Waals surface area contributed by atoms with Gasteiger partial charge in [0.25, 0.3) is 14.4 Å². The topological polar surface area (TPSA) is 140 Å². The van der Waals surface area contributed by atoms with E-state index in [1.807, 2.05) is 46.7 Å². The molecule has 0 saturated carbocycles. The van der Waals surface area contributed by atoms with Crippen LogP contribution in [0.1, 0.15) is 41.0 Å². The first-order valence-corrected chi connectivity index (χ1v) is 18.9. The van der Waals surface area contributed by atoms with Gasteiger partial charge in [-0.2, -0.15) is 0 Å². The fourth-order valence-corrected chi connectivity index (χ4v) is 7.66. The van der Waals surface area contributed by atoms with E-state index in [2.05, 4.69) is 20.1 Å². The molecule has 0 aliphatic carbocycles. The number of hydrogen-bond donors (Lipinski definition) is 2. The first kappa shape index (κ1) is 38.4. The minimum atomic E-state index is -2.45. The van der Waals surface area contributed by atoms with Crippen molar-refractivity contribution in [3.8, 4) is 0 Å². The molecule has 0 radical (unpaired) electrons. The molecule has 15 heteroatoms. The largest absolute Gasteiger partial charge is 0.368 e. The number of carbonyl (C=O) groups excluding carboxylic acids is 3. The standard InChI is InChI=1S/C29H51N5O8P2/c1-19(2)34(20(3)4)43(40-15-13-30-6)42-26-23(11-16-44(9,10)38)41-25(22-17-21(5)28(36)32-29(22)37)27(26)39-18-24(35)31-12-14-33(7)8/h17,19-20,22-23,25-27H,11-16,18H2,1-5,7-10H3,(H,31,35)(H,32,36,37)/t22?,23-,25+,26-,27+,43?/m1/s1. The molecule has 3 amide bonds. The molecular formula is C29H51N5O8P2. The summed E-state index contributed by atoms with van der Waals surface area (Å²) in [5.74, 6) is -2.24. The summed E-state index contributed by atoms with van der Waals surface area (Å²) in [6.45, 7) is 21.4. The zero-order chi connectivity index (χ0) is 33.2. The Balaban J connectivity index is 2.52. The van der Waals surface area contributed by atoms with Crippen LogP contribution in [-0.4, -0.2) is 130 Å². The van der Waals surface area contributed by atoms with Crippen LogP contribution in [0.25, 0.3) is 4.85 Å². The third-order valence-corrected chi connectivity index (χ3v) is 10.6. The fourth-order valence-electron chi connectivity index (χ4n) is 5.03. The maximum atomic E-state index is 13.1. The van der Waals surface area contributed by atoms with E-state index in [0.29, 0.717) is 31.2 Å². The molecule has 0 bridgehead atoms. The fraction of sp³-hybridized carbons (Fsp3) is 0.793. The highest BCUT2D eigenvalue weighted by Crippen LogP contribution is 2.51. The van der Waals surface area contributed by atoms with E-state index in [-0.39, 0.29) is 37.7 Å². The molecule has 250 valence electrons. The van der Waals surface area contributed by atoms with Gasteiger partial charge in [0, 0.05) is 36.9 Å². The number of carbonyl (C=O) groups is 3. The summed E-state index contributed by atoms with van der Waals surface area (Å²) < 4.78 is 40.5. The zero-order valence-electron chi connectivity index (χ0n) is 27.6. The van der Waals surface area contributed by atoms with Crippen molar-refractivity contribution < 1.29 is 37.5 Å². The average molecular weight is 660 g/mol. The van der Waals surface area contributed by atoms with Gasteiger partial charge in [0.2, 0.25) is 18.4 Å². The van der Waals surface area contributed by atoms with E-state index in [1.165, 1.54) is 0 Å². The van der Waals surface area contributed by atoms with E-state index >= 15 is 0 Å². The van der Waals surface area contributed by atoms with Crippen molar-refractivity contribution in [2.75, 3.05) is 66.4 Å². The van der Waals surface area contributed by atoms with Crippen molar-refractivity contribution in [3.63, 3.8) is 0 Å². The Morgan fingerprint density at radius 2 is 1.86 bits per heavy atom. The van der Waals surface area contributed by atoms with E-state index in [4.69, 9.17) is 25.1 Å². The Kier molecular flexibility index (Phi) is 15.6. The van der Waals surface area contributed by atoms with E-state index < -0.39 is 57.8 Å². The van der Waals surface area contributed by atoms with Crippen molar-refractivity contribution >= 4 is 33.4 Å². The molecule has 2 aliphatic rings. The molecule has 1 saturated heterocycles. The second-order valence-corrected chi connectivity index (χ2v) is 17.4. The van der Waals surface area contributed by atoms with Gasteiger partial charge < -0.3 is 38.1 Å². The lowest BCUT2D eigenvalue weighted by Crippen LogP contribution is -2.49. The number of ether oxygens (including phenoxy) is 2. The van der Waals surface area contributed by atoms with Crippen molar-refractivity contribution in [1.82, 2.24) is 20.2 Å². The maximum Gasteiger partial charge on any atom is 0.259 e. The van der Waals surface area contributed by atoms with E-state index in [1.54, 1.807) is 26.3 Å². The van der Waals surface area contributed by atoms with Crippen LogP contribution in [-0.2, 0) is 37.5 Å². The minimum Gasteiger partial charge on any atom is -0.368 e. The molecule has 2 unspecified atom stereocenters. The highest BCUT2D eigenvalue weighted by Gasteiger charge is 2.53. The quantitative estimate of drug-likeness (QED) is 0.0978. The van der Waals surface area contributed by atoms with Crippen LogP contribution in [0, 0.1) is 12.5 Å². The highest BCUT2D eigenvalue weighted by molar-refractivity contribution is 7.62. The lowest BCUT2D eigenvalue weighted by Gasteiger charge is -2.38. The number of imide groups is 1. The highest BCUT2D eigenvalue weighted by atomic mass is 31.2. The van der Waals surface area contributed by atoms with Crippen LogP contribution in [0.15, 0.2) is 11.6 Å². The first-order chi connectivity index (χ1) is 20.5. The SMILES string of the molecule is [C-]#[N+]CCOP(O[C@H]1[C@@H](OCC(=O)NCCN(C)C)[C@H](C2C=C(C)C(=O)NC2=O)O[C@@H]1CCP(C)(C)=O)N(C(C)C)C(C)C. The maximum absolute atomic E-state index is 13.1. The molecular weight excluding hydrogens is 608 g/mol. The molecule has 6 atom stereocenters. The zero-order valence-corrected chi connectivity index (χ0v) is 29.4. The average Bonchev–Trinajstić information content (AvgIpc) is 3.24. The Hall–Kier alpha value is -1.74. The van der Waals surface area contributed by atoms with Gasteiger partial charge in [-0.3, -0.25) is 19.7 Å². The molecule has 13 nitrogen and oxygen atoms in total. The minimum absolute atomic E-state index is 0.0275. The summed E-state index contributed by atoms with van der Waals surface area (Å²) in [6, 6.07) is 0.0550. The Bertz CT molecular complexity index is 1100. The van der Waals surface area contributed by atoms with Crippen molar-refractivity contribution in [3.05, 3.63) is 23.1 Å². The predicted molar refractivity (Wildman–Crippen MR) is 171 cm³/mol. The Morgan fingerprint density at radius 1 is 1.20 bits per heavy atom. The van der Waals surface area contributed by atoms with Gasteiger partial charge in [-0.25, -0.2) is 11.2 Å². The molecule has 2 heterocycles. The predicted octanol–water partition coefficient (Wildman–Crippen LogP) is 2.72.